The third-order valence-electron chi connectivity index (χ3n) is 4.49. The molecule has 1 fully saturated rings. The van der Waals surface area contributed by atoms with Crippen LogP contribution in [0.4, 0.5) is 10.1 Å². The van der Waals surface area contributed by atoms with Crippen LogP contribution in [0.25, 0.3) is 0 Å². The molecule has 0 N–H and O–H groups in total. The number of carbonyl (C=O) groups is 1. The van der Waals surface area contributed by atoms with Gasteiger partial charge >= 0.3 is 0 Å². The van der Waals surface area contributed by atoms with Crippen molar-refractivity contribution in [3.05, 3.63) is 93.2 Å². The molecule has 3 nitrogen and oxygen atoms in total. The van der Waals surface area contributed by atoms with Crippen LogP contribution in [0, 0.1) is 5.82 Å². The van der Waals surface area contributed by atoms with Gasteiger partial charge in [-0.1, -0.05) is 39.7 Å². The molecule has 1 saturated heterocycles. The maximum atomic E-state index is 13.5. The Morgan fingerprint density at radius 3 is 2.69 bits per heavy atom. The van der Waals surface area contributed by atoms with E-state index in [0.717, 1.165) is 21.3 Å². The molecule has 0 spiro atoms. The van der Waals surface area contributed by atoms with Crippen LogP contribution in [0.3, 0.4) is 0 Å². The van der Waals surface area contributed by atoms with E-state index < -0.39 is 0 Å². The Morgan fingerprint density at radius 2 is 1.93 bits per heavy atom. The largest absolute Gasteiger partial charge is 0.489 e. The molecule has 29 heavy (non-hydrogen) atoms. The lowest BCUT2D eigenvalue weighted by Crippen LogP contribution is -2.28. The maximum Gasteiger partial charge on any atom is 0.238 e. The first kappa shape index (κ1) is 20.3. The van der Waals surface area contributed by atoms with Crippen LogP contribution < -0.4 is 9.64 Å². The Morgan fingerprint density at radius 1 is 1.14 bits per heavy atom. The van der Waals surface area contributed by atoms with Crippen LogP contribution in [0.15, 0.2) is 71.2 Å². The topological polar surface area (TPSA) is 29.5 Å². The third-order valence-corrected chi connectivity index (χ3v) is 6.43. The van der Waals surface area contributed by atoms with E-state index in [4.69, 9.17) is 16.3 Å². The van der Waals surface area contributed by atoms with E-state index in [1.165, 1.54) is 12.1 Å². The zero-order chi connectivity index (χ0) is 20.4. The van der Waals surface area contributed by atoms with Crippen molar-refractivity contribution in [2.45, 2.75) is 12.0 Å². The number of anilines is 1. The van der Waals surface area contributed by atoms with Gasteiger partial charge in [0.05, 0.1) is 5.75 Å². The van der Waals surface area contributed by atoms with Crippen molar-refractivity contribution in [3.8, 4) is 5.75 Å². The van der Waals surface area contributed by atoms with Crippen LogP contribution >= 0.6 is 39.3 Å². The monoisotopic (exact) mass is 491 g/mol. The lowest BCUT2D eigenvalue weighted by Gasteiger charge is -2.26. The number of carbonyl (C=O) groups excluding carboxylic acids is 1. The van der Waals surface area contributed by atoms with E-state index in [-0.39, 0.29) is 23.7 Å². The van der Waals surface area contributed by atoms with Crippen LogP contribution in [0.2, 0.25) is 5.02 Å². The Hall–Kier alpha value is -2.02. The van der Waals surface area contributed by atoms with Gasteiger partial charge in [0.2, 0.25) is 5.91 Å². The van der Waals surface area contributed by atoms with Crippen molar-refractivity contribution >= 4 is 50.9 Å². The molecule has 7 heteroatoms. The molecule has 1 atom stereocenters. The molecule has 1 heterocycles. The summed E-state index contributed by atoms with van der Waals surface area (Å²) in [5.74, 6) is 0.762. The fourth-order valence-corrected chi connectivity index (χ4v) is 4.86. The highest BCUT2D eigenvalue weighted by atomic mass is 79.9. The number of hydrogen-bond acceptors (Lipinski definition) is 3. The normalized spacial score (nSPS) is 16.3. The van der Waals surface area contributed by atoms with Crippen molar-refractivity contribution in [2.24, 2.45) is 0 Å². The number of hydrogen-bond donors (Lipinski definition) is 0. The van der Waals surface area contributed by atoms with Gasteiger partial charge in [-0.25, -0.2) is 4.39 Å². The number of halogens is 3. The molecular weight excluding hydrogens is 477 g/mol. The second-order valence-electron chi connectivity index (χ2n) is 6.50. The van der Waals surface area contributed by atoms with Gasteiger partial charge in [0.15, 0.2) is 0 Å². The molecule has 1 aliphatic rings. The maximum absolute atomic E-state index is 13.5. The molecule has 1 aliphatic heterocycles. The van der Waals surface area contributed by atoms with Crippen molar-refractivity contribution < 1.29 is 13.9 Å². The molecule has 0 saturated carbocycles. The molecule has 3 aromatic rings. The Kier molecular flexibility index (Phi) is 6.13. The fourth-order valence-electron chi connectivity index (χ4n) is 3.17. The quantitative estimate of drug-likeness (QED) is 0.402. The van der Waals surface area contributed by atoms with E-state index in [9.17, 15) is 9.18 Å². The van der Waals surface area contributed by atoms with Crippen molar-refractivity contribution in [3.63, 3.8) is 0 Å². The molecular formula is C22H16BrClFNO2S. The van der Waals surface area contributed by atoms with Crippen molar-refractivity contribution in [2.75, 3.05) is 10.7 Å². The molecule has 0 aliphatic carbocycles. The van der Waals surface area contributed by atoms with Crippen LogP contribution in [0.1, 0.15) is 16.5 Å². The van der Waals surface area contributed by atoms with Crippen molar-refractivity contribution in [1.29, 1.82) is 0 Å². The average molecular weight is 493 g/mol. The lowest BCUT2D eigenvalue weighted by molar-refractivity contribution is -0.115. The zero-order valence-corrected chi connectivity index (χ0v) is 18.3. The second-order valence-corrected chi connectivity index (χ2v) is 8.92. The zero-order valence-electron chi connectivity index (χ0n) is 15.1. The lowest BCUT2D eigenvalue weighted by atomic mass is 10.1. The fraction of sp³-hybridized carbons (Fsp3) is 0.136. The van der Waals surface area contributed by atoms with Crippen LogP contribution in [-0.2, 0) is 11.4 Å². The summed E-state index contributed by atoms with van der Waals surface area (Å²) in [7, 11) is 0. The number of thioether (sulfide) groups is 1. The summed E-state index contributed by atoms with van der Waals surface area (Å²) in [5, 5.41) is 0.384. The van der Waals surface area contributed by atoms with Crippen molar-refractivity contribution in [1.82, 2.24) is 0 Å². The SMILES string of the molecule is O=C1CS[C@@H](c2cc(Br)ccc2OCc2cccc(F)c2)N1c1ccc(Cl)cc1. The standard InChI is InChI=1S/C22H16BrClFNO2S/c23-15-4-9-20(28-12-14-2-1-3-17(25)10-14)19(11-15)22-26(21(27)13-29-22)18-7-5-16(24)6-8-18/h1-11,22H,12-13H2/t22-/m0/s1. The summed E-state index contributed by atoms with van der Waals surface area (Å²) >= 11 is 11.1. The third kappa shape index (κ3) is 4.60. The number of benzene rings is 3. The van der Waals surface area contributed by atoms with Gasteiger partial charge in [-0.3, -0.25) is 9.69 Å². The summed E-state index contributed by atoms with van der Waals surface area (Å²) in [6, 6.07) is 19.2. The van der Waals surface area contributed by atoms with E-state index in [0.29, 0.717) is 16.5 Å². The smallest absolute Gasteiger partial charge is 0.238 e. The van der Waals surface area contributed by atoms with E-state index in [1.54, 1.807) is 34.9 Å². The molecule has 1 amide bonds. The van der Waals surface area contributed by atoms with Gasteiger partial charge < -0.3 is 4.74 Å². The summed E-state index contributed by atoms with van der Waals surface area (Å²) in [4.78, 5) is 14.4. The van der Waals surface area contributed by atoms with Crippen LogP contribution in [0.5, 0.6) is 5.75 Å². The minimum atomic E-state index is -0.298. The first-order valence-electron chi connectivity index (χ1n) is 8.87. The molecule has 4 rings (SSSR count). The minimum Gasteiger partial charge on any atom is -0.489 e. The predicted molar refractivity (Wildman–Crippen MR) is 119 cm³/mol. The van der Waals surface area contributed by atoms with Gasteiger partial charge in [0.1, 0.15) is 23.5 Å². The molecule has 148 valence electrons. The number of ether oxygens (including phenoxy) is 1. The average Bonchev–Trinajstić information content (AvgIpc) is 3.09. The van der Waals surface area contributed by atoms with Gasteiger partial charge in [-0.05, 0) is 60.2 Å². The molecule has 0 bridgehead atoms. The highest BCUT2D eigenvalue weighted by molar-refractivity contribution is 9.10. The molecule has 0 aromatic heterocycles. The summed E-state index contributed by atoms with van der Waals surface area (Å²) < 4.78 is 20.4. The highest BCUT2D eigenvalue weighted by Gasteiger charge is 2.36. The van der Waals surface area contributed by atoms with Gasteiger partial charge in [0, 0.05) is 20.7 Å². The summed E-state index contributed by atoms with van der Waals surface area (Å²) in [6.07, 6.45) is 0. The van der Waals surface area contributed by atoms with E-state index in [1.807, 2.05) is 36.4 Å². The Balaban J connectivity index is 1.65. The van der Waals surface area contributed by atoms with Crippen LogP contribution in [-0.4, -0.2) is 11.7 Å². The summed E-state index contributed by atoms with van der Waals surface area (Å²) in [5.41, 5.74) is 2.40. The molecule has 0 unspecified atom stereocenters. The van der Waals surface area contributed by atoms with E-state index >= 15 is 0 Å². The number of rotatable bonds is 5. The highest BCUT2D eigenvalue weighted by Crippen LogP contribution is 2.45. The van der Waals surface area contributed by atoms with Gasteiger partial charge in [-0.2, -0.15) is 0 Å². The summed E-state index contributed by atoms with van der Waals surface area (Å²) in [6.45, 7) is 0.235. The number of amides is 1. The minimum absolute atomic E-state index is 0.0263. The van der Waals surface area contributed by atoms with Gasteiger partial charge in [0.25, 0.3) is 0 Å². The molecule has 3 aromatic carbocycles. The molecule has 0 radical (unpaired) electrons. The first-order chi connectivity index (χ1) is 14.0. The Labute approximate surface area is 185 Å². The second kappa shape index (κ2) is 8.78. The Bertz CT molecular complexity index is 1050. The number of nitrogens with zero attached hydrogens (tertiary/aromatic N) is 1. The van der Waals surface area contributed by atoms with Gasteiger partial charge in [-0.15, -0.1) is 11.8 Å². The predicted octanol–water partition coefficient (Wildman–Crippen LogP) is 6.60. The van der Waals surface area contributed by atoms with E-state index in [2.05, 4.69) is 15.9 Å². The first-order valence-corrected chi connectivity index (χ1v) is 11.1.